The van der Waals surface area contributed by atoms with Crippen LogP contribution in [-0.4, -0.2) is 46.1 Å². The third-order valence-electron chi connectivity index (χ3n) is 2.25. The van der Waals surface area contributed by atoms with Crippen molar-refractivity contribution in [1.29, 1.82) is 0 Å². The van der Waals surface area contributed by atoms with E-state index in [1.165, 1.54) is 18.0 Å². The van der Waals surface area contributed by atoms with Gasteiger partial charge in [-0.2, -0.15) is 0 Å². The maximum Gasteiger partial charge on any atom is 0.330 e. The van der Waals surface area contributed by atoms with Crippen molar-refractivity contribution < 1.29 is 14.3 Å². The molecule has 0 bridgehead atoms. The molecule has 0 saturated heterocycles. The Hall–Kier alpha value is -1.96. The highest BCUT2D eigenvalue weighted by atomic mass is 16.5. The predicted octanol–water partition coefficient (Wildman–Crippen LogP) is -1.08. The first-order chi connectivity index (χ1) is 8.40. The number of aromatic nitrogens is 3. The molecule has 0 fully saturated rings. The normalized spacial score (nSPS) is 11.1. The summed E-state index contributed by atoms with van der Waals surface area (Å²) >= 11 is 0. The Morgan fingerprint density at radius 3 is 2.78 bits per heavy atom. The van der Waals surface area contributed by atoms with Gasteiger partial charge in [0, 0.05) is 6.54 Å². The molecule has 0 atom stereocenters. The summed E-state index contributed by atoms with van der Waals surface area (Å²) in [5, 5.41) is 9.95. The molecule has 0 aliphatic carbocycles. The Morgan fingerprint density at radius 1 is 1.56 bits per heavy atom. The minimum absolute atomic E-state index is 0.125. The van der Waals surface area contributed by atoms with Crippen LogP contribution in [0.4, 0.5) is 0 Å². The fraction of sp³-hybridized carbons (Fsp3) is 0.600. The first kappa shape index (κ1) is 14.1. The molecule has 18 heavy (non-hydrogen) atoms. The van der Waals surface area contributed by atoms with Gasteiger partial charge in [0.05, 0.1) is 19.9 Å². The first-order valence-corrected chi connectivity index (χ1v) is 5.42. The van der Waals surface area contributed by atoms with Gasteiger partial charge in [0.25, 0.3) is 5.91 Å². The minimum atomic E-state index is -1.12. The molecule has 0 radical (unpaired) electrons. The number of hydrogen-bond acceptors (Lipinski definition) is 6. The number of carbonyl (C=O) groups is 2. The van der Waals surface area contributed by atoms with Crippen LogP contribution in [-0.2, 0) is 16.1 Å². The van der Waals surface area contributed by atoms with Gasteiger partial charge in [-0.15, -0.1) is 5.10 Å². The van der Waals surface area contributed by atoms with Gasteiger partial charge in [0.2, 0.25) is 0 Å². The van der Waals surface area contributed by atoms with E-state index >= 15 is 0 Å². The van der Waals surface area contributed by atoms with Gasteiger partial charge < -0.3 is 15.8 Å². The highest BCUT2D eigenvalue weighted by molar-refractivity contribution is 5.96. The lowest BCUT2D eigenvalue weighted by Crippen LogP contribution is -2.50. The second-order valence-corrected chi connectivity index (χ2v) is 4.23. The average Bonchev–Trinajstić information content (AvgIpc) is 2.76. The lowest BCUT2D eigenvalue weighted by Gasteiger charge is -2.22. The molecule has 1 rings (SSSR count). The van der Waals surface area contributed by atoms with Gasteiger partial charge >= 0.3 is 5.97 Å². The standard InChI is InChI=1S/C10H17N5O3/c1-10(2,9(17)18-3)12-8(16)7-6-15(5-4-11)14-13-7/h6H,4-5,11H2,1-3H3,(H,12,16). The molecule has 0 unspecified atom stereocenters. The molecule has 1 heterocycles. The molecule has 1 amide bonds. The third kappa shape index (κ3) is 3.27. The van der Waals surface area contributed by atoms with Gasteiger partial charge in [-0.05, 0) is 13.8 Å². The maximum atomic E-state index is 11.8. The highest BCUT2D eigenvalue weighted by Crippen LogP contribution is 2.06. The predicted molar refractivity (Wildman–Crippen MR) is 62.6 cm³/mol. The number of nitrogens with two attached hydrogens (primary N) is 1. The smallest absolute Gasteiger partial charge is 0.330 e. The Kier molecular flexibility index (Phi) is 4.38. The zero-order valence-electron chi connectivity index (χ0n) is 10.6. The number of rotatable bonds is 5. The highest BCUT2D eigenvalue weighted by Gasteiger charge is 2.31. The first-order valence-electron chi connectivity index (χ1n) is 5.42. The molecule has 0 aliphatic heterocycles. The SMILES string of the molecule is COC(=O)C(C)(C)NC(=O)c1cn(CCN)nn1. The van der Waals surface area contributed by atoms with Crippen LogP contribution < -0.4 is 11.1 Å². The van der Waals surface area contributed by atoms with Crippen LogP contribution in [0.3, 0.4) is 0 Å². The molecule has 8 nitrogen and oxygen atoms in total. The minimum Gasteiger partial charge on any atom is -0.467 e. The van der Waals surface area contributed by atoms with E-state index in [9.17, 15) is 9.59 Å². The number of ether oxygens (including phenoxy) is 1. The fourth-order valence-electron chi connectivity index (χ4n) is 1.30. The Labute approximate surface area is 104 Å². The van der Waals surface area contributed by atoms with Crippen LogP contribution in [0.2, 0.25) is 0 Å². The number of carbonyl (C=O) groups excluding carboxylic acids is 2. The quantitative estimate of drug-likeness (QED) is 0.647. The second-order valence-electron chi connectivity index (χ2n) is 4.23. The molecule has 0 aromatic carbocycles. The van der Waals surface area contributed by atoms with Crippen molar-refractivity contribution in [3.63, 3.8) is 0 Å². The summed E-state index contributed by atoms with van der Waals surface area (Å²) in [6.07, 6.45) is 1.47. The second kappa shape index (κ2) is 5.58. The summed E-state index contributed by atoms with van der Waals surface area (Å²) in [6.45, 7) is 3.96. The number of nitrogens with one attached hydrogen (secondary N) is 1. The van der Waals surface area contributed by atoms with Crippen LogP contribution >= 0.6 is 0 Å². The molecule has 0 spiro atoms. The van der Waals surface area contributed by atoms with Crippen LogP contribution in [0.1, 0.15) is 24.3 Å². The van der Waals surface area contributed by atoms with E-state index in [1.807, 2.05) is 0 Å². The number of hydrogen-bond donors (Lipinski definition) is 2. The van der Waals surface area contributed by atoms with Gasteiger partial charge in [-0.3, -0.25) is 9.48 Å². The van der Waals surface area contributed by atoms with Crippen molar-refractivity contribution in [3.05, 3.63) is 11.9 Å². The van der Waals surface area contributed by atoms with Gasteiger partial charge in [-0.25, -0.2) is 4.79 Å². The Bertz CT molecular complexity index is 440. The zero-order valence-corrected chi connectivity index (χ0v) is 10.6. The van der Waals surface area contributed by atoms with Crippen molar-refractivity contribution in [2.75, 3.05) is 13.7 Å². The number of amides is 1. The van der Waals surface area contributed by atoms with Gasteiger partial charge in [0.15, 0.2) is 5.69 Å². The molecule has 0 aliphatic rings. The molecule has 100 valence electrons. The molecule has 3 N–H and O–H groups in total. The summed E-state index contributed by atoms with van der Waals surface area (Å²) in [5.74, 6) is -1.03. The van der Waals surface area contributed by atoms with Gasteiger partial charge in [-0.1, -0.05) is 5.21 Å². The third-order valence-corrected chi connectivity index (χ3v) is 2.25. The summed E-state index contributed by atoms with van der Waals surface area (Å²) in [5.41, 5.74) is 4.36. The van der Waals surface area contributed by atoms with Crippen molar-refractivity contribution in [3.8, 4) is 0 Å². The summed E-state index contributed by atoms with van der Waals surface area (Å²) in [4.78, 5) is 23.2. The average molecular weight is 255 g/mol. The molecular formula is C10H17N5O3. The van der Waals surface area contributed by atoms with Crippen molar-refractivity contribution >= 4 is 11.9 Å². The lowest BCUT2D eigenvalue weighted by atomic mass is 10.1. The maximum absolute atomic E-state index is 11.8. The van der Waals surface area contributed by atoms with E-state index in [-0.39, 0.29) is 5.69 Å². The van der Waals surface area contributed by atoms with Crippen LogP contribution in [0, 0.1) is 0 Å². The zero-order chi connectivity index (χ0) is 13.8. The van der Waals surface area contributed by atoms with Crippen LogP contribution in [0.5, 0.6) is 0 Å². The molecular weight excluding hydrogens is 238 g/mol. The van der Waals surface area contributed by atoms with E-state index in [0.717, 1.165) is 0 Å². The molecule has 1 aromatic heterocycles. The number of esters is 1. The Morgan fingerprint density at radius 2 is 2.22 bits per heavy atom. The van der Waals surface area contributed by atoms with E-state index in [4.69, 9.17) is 5.73 Å². The van der Waals surface area contributed by atoms with Crippen molar-refractivity contribution in [2.45, 2.75) is 25.9 Å². The van der Waals surface area contributed by atoms with E-state index in [1.54, 1.807) is 13.8 Å². The van der Waals surface area contributed by atoms with E-state index in [2.05, 4.69) is 20.4 Å². The lowest BCUT2D eigenvalue weighted by molar-refractivity contribution is -0.146. The van der Waals surface area contributed by atoms with Crippen LogP contribution in [0.15, 0.2) is 6.20 Å². The summed E-state index contributed by atoms with van der Waals surface area (Å²) in [6, 6.07) is 0. The largest absolute Gasteiger partial charge is 0.467 e. The molecule has 8 heteroatoms. The topological polar surface area (TPSA) is 112 Å². The van der Waals surface area contributed by atoms with Crippen LogP contribution in [0.25, 0.3) is 0 Å². The van der Waals surface area contributed by atoms with E-state index < -0.39 is 17.4 Å². The van der Waals surface area contributed by atoms with Gasteiger partial charge in [0.1, 0.15) is 5.54 Å². The Balaban J connectivity index is 2.72. The molecule has 1 aromatic rings. The monoisotopic (exact) mass is 255 g/mol. The van der Waals surface area contributed by atoms with Crippen molar-refractivity contribution in [2.24, 2.45) is 5.73 Å². The van der Waals surface area contributed by atoms with Crippen molar-refractivity contribution in [1.82, 2.24) is 20.3 Å². The molecule has 0 saturated carbocycles. The van der Waals surface area contributed by atoms with E-state index in [0.29, 0.717) is 13.1 Å². The number of nitrogens with zero attached hydrogens (tertiary/aromatic N) is 3. The summed E-state index contributed by atoms with van der Waals surface area (Å²) in [7, 11) is 1.26. The summed E-state index contributed by atoms with van der Waals surface area (Å²) < 4.78 is 6.04. The number of methoxy groups -OCH3 is 1. The fourth-order valence-corrected chi connectivity index (χ4v) is 1.30.